The van der Waals surface area contributed by atoms with Crippen LogP contribution in [-0.4, -0.2) is 182 Å². The van der Waals surface area contributed by atoms with Crippen LogP contribution in [0.25, 0.3) is 11.0 Å². The highest BCUT2D eigenvalue weighted by Gasteiger charge is 2.36. The van der Waals surface area contributed by atoms with Crippen molar-refractivity contribution < 1.29 is 65.2 Å². The number of carbonyl (C=O) groups is 2. The number of benzene rings is 1. The number of nitrogens with one attached hydrogen (secondary N) is 1. The van der Waals surface area contributed by atoms with Gasteiger partial charge in [0.1, 0.15) is 43.2 Å². The van der Waals surface area contributed by atoms with Gasteiger partial charge < -0.3 is 72.7 Å². The van der Waals surface area contributed by atoms with Crippen LogP contribution in [0.15, 0.2) is 18.2 Å². The molecule has 15 N–H and O–H groups in total. The Labute approximate surface area is 339 Å². The Hall–Kier alpha value is -3.84. The second kappa shape index (κ2) is 20.9. The van der Waals surface area contributed by atoms with E-state index in [1.807, 2.05) is 29.0 Å². The Morgan fingerprint density at radius 3 is 1.95 bits per heavy atom. The van der Waals surface area contributed by atoms with E-state index in [4.69, 9.17) is 33.3 Å². The van der Waals surface area contributed by atoms with Crippen LogP contribution in [0, 0.1) is 5.92 Å². The minimum atomic E-state index is -1.90. The number of aryl methyl sites for hydroxylation is 2. The van der Waals surface area contributed by atoms with E-state index < -0.39 is 68.0 Å². The first-order valence-corrected chi connectivity index (χ1v) is 19.4. The predicted molar refractivity (Wildman–Crippen MR) is 208 cm³/mol. The second-order valence-corrected chi connectivity index (χ2v) is 14.8. The molecule has 3 aromatic rings. The molecule has 1 aliphatic heterocycles. The van der Waals surface area contributed by atoms with Gasteiger partial charge >= 0.3 is 0 Å². The van der Waals surface area contributed by atoms with Crippen LogP contribution in [0.3, 0.4) is 0 Å². The Kier molecular flexibility index (Phi) is 16.9. The number of halogens is 1. The number of nitrogens with zero attached hydrogens (tertiary/aromatic N) is 6. The third-order valence-electron chi connectivity index (χ3n) is 10.5. The molecule has 21 nitrogen and oxygen atoms in total. The lowest BCUT2D eigenvalue weighted by Crippen LogP contribution is -2.54. The molecule has 1 aliphatic rings. The second-order valence-electron chi connectivity index (χ2n) is 14.5. The summed E-state index contributed by atoms with van der Waals surface area (Å²) in [5.41, 5.74) is 13.4. The maximum absolute atomic E-state index is 13.9. The van der Waals surface area contributed by atoms with Crippen molar-refractivity contribution in [2.24, 2.45) is 5.92 Å². The molecule has 1 aromatic carbocycles. The molecule has 324 valence electrons. The third kappa shape index (κ3) is 10.9. The van der Waals surface area contributed by atoms with Crippen LogP contribution in [0.5, 0.6) is 0 Å². The Balaban J connectivity index is 1.47. The number of likely N-dealkylation sites (tertiary alicyclic amines) is 1. The summed E-state index contributed by atoms with van der Waals surface area (Å²) in [6, 6.07) is 5.40. The number of hydrogen-bond acceptors (Lipinski definition) is 17. The van der Waals surface area contributed by atoms with Crippen molar-refractivity contribution >= 4 is 46.1 Å². The minimum Gasteiger partial charge on any atom is -0.394 e. The average molecular weight is 843 g/mol. The number of carbonyl (C=O) groups excluding carboxylic acids is 2. The third-order valence-corrected chi connectivity index (χ3v) is 10.8. The number of hydrogen-bond donors (Lipinski definition) is 13. The number of aromatic nitrogens is 4. The van der Waals surface area contributed by atoms with Crippen LogP contribution in [0.1, 0.15) is 53.4 Å². The summed E-state index contributed by atoms with van der Waals surface area (Å²) in [6.07, 6.45) is -13.5. The van der Waals surface area contributed by atoms with E-state index in [0.717, 1.165) is 16.9 Å². The van der Waals surface area contributed by atoms with Crippen molar-refractivity contribution in [2.45, 2.75) is 95.2 Å². The van der Waals surface area contributed by atoms with Crippen LogP contribution in [0.4, 0.5) is 11.6 Å². The van der Waals surface area contributed by atoms with Crippen molar-refractivity contribution in [3.8, 4) is 0 Å². The molecule has 1 saturated heterocycles. The Bertz CT molecular complexity index is 1820. The van der Waals surface area contributed by atoms with Gasteiger partial charge in [0.2, 0.25) is 0 Å². The van der Waals surface area contributed by atoms with Crippen LogP contribution >= 0.6 is 11.6 Å². The zero-order valence-corrected chi connectivity index (χ0v) is 33.2. The summed E-state index contributed by atoms with van der Waals surface area (Å²) in [6.45, 7) is 3.41. The fourth-order valence-corrected chi connectivity index (χ4v) is 7.36. The van der Waals surface area contributed by atoms with Crippen LogP contribution in [0.2, 0.25) is 5.15 Å². The topological polar surface area (TPSA) is 342 Å². The molecule has 8 atom stereocenters. The smallest absolute Gasteiger partial charge is 0.277 e. The number of nitrogen functional groups attached to an aromatic ring is 2. The molecule has 0 bridgehead atoms. The normalized spacial score (nSPS) is 18.1. The fourth-order valence-electron chi connectivity index (χ4n) is 7.23. The molecule has 58 heavy (non-hydrogen) atoms. The van der Waals surface area contributed by atoms with Gasteiger partial charge in [-0.1, -0.05) is 11.6 Å². The molecular weight excluding hydrogens is 786 g/mol. The number of anilines is 2. The number of rotatable bonds is 20. The largest absolute Gasteiger partial charge is 0.394 e. The maximum atomic E-state index is 13.9. The predicted octanol–water partition coefficient (Wildman–Crippen LogP) is -4.47. The molecule has 0 radical (unpaired) electrons. The summed E-state index contributed by atoms with van der Waals surface area (Å²) >= 11 is 5.97. The van der Waals surface area contributed by atoms with Crippen LogP contribution < -0.4 is 21.4 Å². The van der Waals surface area contributed by atoms with Gasteiger partial charge in [-0.05, 0) is 44.7 Å². The highest BCUT2D eigenvalue weighted by Crippen LogP contribution is 2.24. The quantitative estimate of drug-likeness (QED) is 0.0477. The molecule has 3 heterocycles. The summed E-state index contributed by atoms with van der Waals surface area (Å²) in [4.78, 5) is 37.9. The van der Waals surface area contributed by atoms with E-state index in [1.54, 1.807) is 17.0 Å². The van der Waals surface area contributed by atoms with Crippen LogP contribution in [-0.2, 0) is 19.6 Å². The van der Waals surface area contributed by atoms with Crippen molar-refractivity contribution in [2.75, 3.05) is 57.4 Å². The Morgan fingerprint density at radius 2 is 1.43 bits per heavy atom. The first-order chi connectivity index (χ1) is 27.5. The highest BCUT2D eigenvalue weighted by atomic mass is 35.5. The lowest BCUT2D eigenvalue weighted by Gasteiger charge is -2.38. The number of aliphatic hydroxyl groups is 10. The van der Waals surface area contributed by atoms with Gasteiger partial charge in [-0.25, -0.2) is 19.1 Å². The molecule has 4 rings (SSSR count). The maximum Gasteiger partial charge on any atom is 0.277 e. The zero-order valence-electron chi connectivity index (χ0n) is 32.4. The first kappa shape index (κ1) is 46.8. The van der Waals surface area contributed by atoms with Gasteiger partial charge in [0.05, 0.1) is 38.5 Å². The van der Waals surface area contributed by atoms with E-state index in [2.05, 4.69) is 15.3 Å². The molecule has 0 unspecified atom stereocenters. The van der Waals surface area contributed by atoms with Gasteiger partial charge in [0.25, 0.3) is 17.6 Å². The van der Waals surface area contributed by atoms with Crippen molar-refractivity contribution in [1.82, 2.24) is 29.7 Å². The SMILES string of the molecule is CCn1c(CNC(=O)c2nc(Cl)c(N)nc2N)[n+](CC)c2ccc(C(=O)N3CCC(CN(C[C@H](O)[C@@H](O)[C@H](O)[C@H](O)CO)C[C@H](O)[C@@H](O)[C@H](O)[C@H](O)CO)CC3)cc21. The Morgan fingerprint density at radius 1 is 0.879 bits per heavy atom. The van der Waals surface area contributed by atoms with E-state index in [-0.39, 0.29) is 60.5 Å². The summed E-state index contributed by atoms with van der Waals surface area (Å²) < 4.78 is 4.01. The number of nitrogens with two attached hydrogens (primary N) is 2. The molecule has 2 aromatic heterocycles. The first-order valence-electron chi connectivity index (χ1n) is 19.1. The molecule has 0 aliphatic carbocycles. The van der Waals surface area contributed by atoms with Crippen molar-refractivity contribution in [1.29, 1.82) is 0 Å². The summed E-state index contributed by atoms with van der Waals surface area (Å²) in [5, 5.41) is 103. The number of fused-ring (bicyclic) bond motifs is 1. The number of piperidine rings is 1. The lowest BCUT2D eigenvalue weighted by atomic mass is 9.94. The number of amides is 2. The van der Waals surface area contributed by atoms with E-state index >= 15 is 0 Å². The number of imidazole rings is 1. The summed E-state index contributed by atoms with van der Waals surface area (Å²) in [5.74, 6) is -0.435. The molecule has 2 amide bonds. The zero-order chi connectivity index (χ0) is 43.0. The van der Waals surface area contributed by atoms with Crippen molar-refractivity contribution in [3.63, 3.8) is 0 Å². The molecule has 0 spiro atoms. The molecular formula is C36H57ClN9O12+. The van der Waals surface area contributed by atoms with E-state index in [1.165, 1.54) is 4.90 Å². The molecule has 22 heteroatoms. The van der Waals surface area contributed by atoms with Gasteiger partial charge in [-0.15, -0.1) is 0 Å². The summed E-state index contributed by atoms with van der Waals surface area (Å²) in [7, 11) is 0. The van der Waals surface area contributed by atoms with Gasteiger partial charge in [-0.2, -0.15) is 0 Å². The monoisotopic (exact) mass is 842 g/mol. The van der Waals surface area contributed by atoms with E-state index in [9.17, 15) is 50.4 Å². The van der Waals surface area contributed by atoms with Gasteiger partial charge in [0, 0.05) is 44.4 Å². The molecule has 1 fully saturated rings. The molecule has 0 saturated carbocycles. The minimum absolute atomic E-state index is 0.0918. The van der Waals surface area contributed by atoms with Gasteiger partial charge in [0.15, 0.2) is 33.5 Å². The highest BCUT2D eigenvalue weighted by molar-refractivity contribution is 6.31. The standard InChI is InChI=1S/C36H56ClN9O12/c1-3-45-20-6-5-19(11-21(20)46(4-2)26(45)12-40-35(57)27-33(38)42-34(39)32(37)41-27)36(58)44-9-7-18(8-10-44)13-43(14-22(49)28(53)30(55)24(51)16-47)15-23(50)29(54)31(56)25(52)17-48/h5-6,11,18,22-25,28-31,47-56H,3-4,7-10,12-17H2,1-2H3,(H4-,38,39,40,42,57)/p+1/t22-,23-,24+,25+,28+,29+,30+,31+/m0/s1. The number of aliphatic hydroxyl groups excluding tert-OH is 10. The fraction of sp³-hybridized carbons (Fsp3) is 0.639. The van der Waals surface area contributed by atoms with Gasteiger partial charge in [-0.3, -0.25) is 14.5 Å². The average Bonchev–Trinajstić information content (AvgIpc) is 3.53. The van der Waals surface area contributed by atoms with E-state index in [0.29, 0.717) is 44.6 Å². The van der Waals surface area contributed by atoms with Crippen molar-refractivity contribution in [3.05, 3.63) is 40.4 Å². The lowest BCUT2D eigenvalue weighted by molar-refractivity contribution is -0.676.